The van der Waals surface area contributed by atoms with Crippen molar-refractivity contribution >= 4 is 0 Å². The number of benzene rings is 1. The molecule has 2 rings (SSSR count). The number of nitrogens with zero attached hydrogens (tertiary/aromatic N) is 1. The number of hydrogen-bond donors (Lipinski definition) is 1. The van der Waals surface area contributed by atoms with Gasteiger partial charge >= 0.3 is 0 Å². The SMILES string of the molecule is CCCC(c1ccccc1)N(C)C(CN)C1CC1. The Labute approximate surface area is 111 Å². The second-order valence-electron chi connectivity index (χ2n) is 5.52. The van der Waals surface area contributed by atoms with Crippen LogP contribution in [0.3, 0.4) is 0 Å². The fraction of sp³-hybridized carbons (Fsp3) is 0.625. The van der Waals surface area contributed by atoms with Crippen molar-refractivity contribution in [2.24, 2.45) is 11.7 Å². The molecule has 0 aliphatic heterocycles. The van der Waals surface area contributed by atoms with Crippen LogP contribution in [0, 0.1) is 5.92 Å². The molecule has 0 spiro atoms. The largest absolute Gasteiger partial charge is 0.329 e. The summed E-state index contributed by atoms with van der Waals surface area (Å²) in [6.45, 7) is 3.05. The summed E-state index contributed by atoms with van der Waals surface area (Å²) in [5.41, 5.74) is 7.42. The summed E-state index contributed by atoms with van der Waals surface area (Å²) in [5.74, 6) is 0.836. The Bertz CT molecular complexity index is 345. The number of likely N-dealkylation sites (N-methyl/N-ethyl adjacent to an activating group) is 1. The molecular formula is C16H26N2. The Hall–Kier alpha value is -0.860. The monoisotopic (exact) mass is 246 g/mol. The van der Waals surface area contributed by atoms with Crippen molar-refractivity contribution in [3.63, 3.8) is 0 Å². The molecule has 1 aromatic rings. The van der Waals surface area contributed by atoms with Crippen molar-refractivity contribution in [3.05, 3.63) is 35.9 Å². The van der Waals surface area contributed by atoms with Gasteiger partial charge in [0.15, 0.2) is 0 Å². The van der Waals surface area contributed by atoms with Gasteiger partial charge in [0, 0.05) is 18.6 Å². The second-order valence-corrected chi connectivity index (χ2v) is 5.52. The summed E-state index contributed by atoms with van der Waals surface area (Å²) in [5, 5.41) is 0. The Morgan fingerprint density at radius 3 is 2.44 bits per heavy atom. The van der Waals surface area contributed by atoms with Crippen LogP contribution in [-0.2, 0) is 0 Å². The average Bonchev–Trinajstić information content (AvgIpc) is 3.22. The highest BCUT2D eigenvalue weighted by molar-refractivity contribution is 5.19. The molecule has 0 radical (unpaired) electrons. The summed E-state index contributed by atoms with van der Waals surface area (Å²) in [7, 11) is 2.25. The first-order valence-electron chi connectivity index (χ1n) is 7.24. The van der Waals surface area contributed by atoms with E-state index in [0.717, 1.165) is 12.5 Å². The number of nitrogens with two attached hydrogens (primary N) is 1. The Balaban J connectivity index is 2.13. The number of rotatable bonds is 7. The summed E-state index contributed by atoms with van der Waals surface area (Å²) in [6.07, 6.45) is 5.15. The average molecular weight is 246 g/mol. The van der Waals surface area contributed by atoms with Gasteiger partial charge in [-0.05, 0) is 37.8 Å². The summed E-state index contributed by atoms with van der Waals surface area (Å²) in [4.78, 5) is 2.52. The quantitative estimate of drug-likeness (QED) is 0.800. The molecule has 1 aliphatic rings. The van der Waals surface area contributed by atoms with Crippen LogP contribution in [0.2, 0.25) is 0 Å². The molecule has 2 nitrogen and oxygen atoms in total. The molecule has 0 bridgehead atoms. The molecular weight excluding hydrogens is 220 g/mol. The summed E-state index contributed by atoms with van der Waals surface area (Å²) in [6, 6.07) is 11.9. The molecule has 100 valence electrons. The first-order chi connectivity index (χ1) is 8.77. The van der Waals surface area contributed by atoms with Gasteiger partial charge in [0.1, 0.15) is 0 Å². The van der Waals surface area contributed by atoms with Gasteiger partial charge in [-0.2, -0.15) is 0 Å². The van der Waals surface area contributed by atoms with E-state index >= 15 is 0 Å². The van der Waals surface area contributed by atoms with E-state index in [1.54, 1.807) is 0 Å². The van der Waals surface area contributed by atoms with Gasteiger partial charge in [-0.15, -0.1) is 0 Å². The van der Waals surface area contributed by atoms with Gasteiger partial charge in [0.2, 0.25) is 0 Å². The Kier molecular flexibility index (Phi) is 4.79. The molecule has 0 aromatic heterocycles. The third-order valence-electron chi connectivity index (χ3n) is 4.17. The number of hydrogen-bond acceptors (Lipinski definition) is 2. The highest BCUT2D eigenvalue weighted by Gasteiger charge is 2.35. The predicted octanol–water partition coefficient (Wildman–Crippen LogP) is 3.20. The van der Waals surface area contributed by atoms with Crippen molar-refractivity contribution in [2.75, 3.05) is 13.6 Å². The van der Waals surface area contributed by atoms with Gasteiger partial charge in [-0.3, -0.25) is 4.90 Å². The lowest BCUT2D eigenvalue weighted by Gasteiger charge is -2.35. The molecule has 18 heavy (non-hydrogen) atoms. The van der Waals surface area contributed by atoms with Crippen LogP contribution < -0.4 is 5.73 Å². The van der Waals surface area contributed by atoms with E-state index in [1.807, 2.05) is 0 Å². The van der Waals surface area contributed by atoms with E-state index in [4.69, 9.17) is 5.73 Å². The summed E-state index contributed by atoms with van der Waals surface area (Å²) >= 11 is 0. The normalized spacial score (nSPS) is 18.9. The van der Waals surface area contributed by atoms with Crippen LogP contribution in [0.25, 0.3) is 0 Å². The zero-order valence-corrected chi connectivity index (χ0v) is 11.7. The van der Waals surface area contributed by atoms with Gasteiger partial charge in [0.05, 0.1) is 0 Å². The minimum absolute atomic E-state index is 0.519. The maximum absolute atomic E-state index is 5.98. The molecule has 1 aliphatic carbocycles. The van der Waals surface area contributed by atoms with E-state index in [2.05, 4.69) is 49.2 Å². The lowest BCUT2D eigenvalue weighted by Crippen LogP contribution is -2.41. The molecule has 2 unspecified atom stereocenters. The van der Waals surface area contributed by atoms with Crippen molar-refractivity contribution < 1.29 is 0 Å². The van der Waals surface area contributed by atoms with Gasteiger partial charge in [-0.25, -0.2) is 0 Å². The Morgan fingerprint density at radius 1 is 1.28 bits per heavy atom. The van der Waals surface area contributed by atoms with E-state index < -0.39 is 0 Å². The fourth-order valence-electron chi connectivity index (χ4n) is 2.96. The third-order valence-corrected chi connectivity index (χ3v) is 4.17. The van der Waals surface area contributed by atoms with Gasteiger partial charge < -0.3 is 5.73 Å². The Morgan fingerprint density at radius 2 is 1.94 bits per heavy atom. The van der Waals surface area contributed by atoms with Crippen LogP contribution in [0.15, 0.2) is 30.3 Å². The van der Waals surface area contributed by atoms with Crippen LogP contribution in [0.1, 0.15) is 44.2 Å². The minimum atomic E-state index is 0.519. The molecule has 1 saturated carbocycles. The van der Waals surface area contributed by atoms with E-state index in [9.17, 15) is 0 Å². The van der Waals surface area contributed by atoms with Gasteiger partial charge in [0.25, 0.3) is 0 Å². The maximum Gasteiger partial charge on any atom is 0.0348 e. The summed E-state index contributed by atoms with van der Waals surface area (Å²) < 4.78 is 0. The molecule has 1 fully saturated rings. The third kappa shape index (κ3) is 3.12. The van der Waals surface area contributed by atoms with Gasteiger partial charge in [-0.1, -0.05) is 43.7 Å². The van der Waals surface area contributed by atoms with E-state index in [1.165, 1.54) is 31.2 Å². The topological polar surface area (TPSA) is 29.3 Å². The molecule has 2 atom stereocenters. The molecule has 1 aromatic carbocycles. The minimum Gasteiger partial charge on any atom is -0.329 e. The molecule has 0 amide bonds. The second kappa shape index (κ2) is 6.35. The van der Waals surface area contributed by atoms with Crippen LogP contribution in [-0.4, -0.2) is 24.5 Å². The highest BCUT2D eigenvalue weighted by Crippen LogP contribution is 2.38. The van der Waals surface area contributed by atoms with Crippen molar-refractivity contribution in [1.82, 2.24) is 4.90 Å². The molecule has 0 saturated heterocycles. The lowest BCUT2D eigenvalue weighted by atomic mass is 9.98. The zero-order valence-electron chi connectivity index (χ0n) is 11.7. The standard InChI is InChI=1S/C16H26N2/c1-3-7-15(13-8-5-4-6-9-13)18(2)16(12-17)14-10-11-14/h4-6,8-9,14-16H,3,7,10-12,17H2,1-2H3. The van der Waals surface area contributed by atoms with Crippen molar-refractivity contribution in [3.8, 4) is 0 Å². The highest BCUT2D eigenvalue weighted by atomic mass is 15.2. The smallest absolute Gasteiger partial charge is 0.0348 e. The van der Waals surface area contributed by atoms with Crippen LogP contribution in [0.4, 0.5) is 0 Å². The maximum atomic E-state index is 5.98. The van der Waals surface area contributed by atoms with Crippen LogP contribution >= 0.6 is 0 Å². The van der Waals surface area contributed by atoms with Crippen LogP contribution in [0.5, 0.6) is 0 Å². The molecule has 2 heteroatoms. The van der Waals surface area contributed by atoms with E-state index in [-0.39, 0.29) is 0 Å². The first-order valence-corrected chi connectivity index (χ1v) is 7.24. The van der Waals surface area contributed by atoms with E-state index in [0.29, 0.717) is 12.1 Å². The van der Waals surface area contributed by atoms with Crippen molar-refractivity contribution in [1.29, 1.82) is 0 Å². The fourth-order valence-corrected chi connectivity index (χ4v) is 2.96. The first kappa shape index (κ1) is 13.6. The van der Waals surface area contributed by atoms with Crippen molar-refractivity contribution in [2.45, 2.75) is 44.7 Å². The lowest BCUT2D eigenvalue weighted by molar-refractivity contribution is 0.150. The zero-order chi connectivity index (χ0) is 13.0. The molecule has 0 heterocycles. The predicted molar refractivity (Wildman–Crippen MR) is 77.4 cm³/mol. The molecule has 2 N–H and O–H groups in total.